The fraction of sp³-hybridized carbons (Fsp3) is 0.517. The van der Waals surface area contributed by atoms with Gasteiger partial charge in [-0.3, -0.25) is 9.69 Å². The van der Waals surface area contributed by atoms with E-state index in [2.05, 4.69) is 4.90 Å². The molecule has 2 aromatic rings. The summed E-state index contributed by atoms with van der Waals surface area (Å²) in [5.74, 6) is -3.95. The summed E-state index contributed by atoms with van der Waals surface area (Å²) in [6.45, 7) is 7.61. The first-order valence-corrected chi connectivity index (χ1v) is 13.2. The number of amides is 2. The topological polar surface area (TPSA) is 53.1 Å². The predicted molar refractivity (Wildman–Crippen MR) is 138 cm³/mol. The molecule has 6 nitrogen and oxygen atoms in total. The van der Waals surface area contributed by atoms with Crippen molar-refractivity contribution in [3.8, 4) is 0 Å². The minimum Gasteiger partial charge on any atom is -0.453 e. The molecule has 39 heavy (non-hydrogen) atoms. The van der Waals surface area contributed by atoms with Crippen LogP contribution in [0, 0.1) is 29.2 Å². The number of hydrogen-bond donors (Lipinski definition) is 0. The lowest BCUT2D eigenvalue weighted by Gasteiger charge is -2.32. The quantitative estimate of drug-likeness (QED) is 0.506. The highest BCUT2D eigenvalue weighted by Crippen LogP contribution is 2.38. The Balaban J connectivity index is 1.58. The van der Waals surface area contributed by atoms with Crippen LogP contribution < -0.4 is 0 Å². The van der Waals surface area contributed by atoms with Crippen LogP contribution in [0.3, 0.4) is 0 Å². The monoisotopic (exact) mass is 549 g/mol. The van der Waals surface area contributed by atoms with E-state index in [1.807, 2.05) is 20.8 Å². The highest BCUT2D eigenvalue weighted by molar-refractivity contribution is 5.81. The molecule has 2 aromatic carbocycles. The number of ether oxygens (including phenoxy) is 1. The molecular formula is C29H35F4N3O3. The van der Waals surface area contributed by atoms with E-state index in [0.717, 1.165) is 12.1 Å². The average Bonchev–Trinajstić information content (AvgIpc) is 3.21. The van der Waals surface area contributed by atoms with Crippen molar-refractivity contribution in [2.45, 2.75) is 51.1 Å². The second kappa shape index (κ2) is 11.5. The molecule has 0 radical (unpaired) electrons. The van der Waals surface area contributed by atoms with E-state index >= 15 is 0 Å². The van der Waals surface area contributed by atoms with Gasteiger partial charge in [-0.1, -0.05) is 12.1 Å². The van der Waals surface area contributed by atoms with Gasteiger partial charge in [-0.2, -0.15) is 0 Å². The third kappa shape index (κ3) is 6.37. The molecule has 0 aliphatic carbocycles. The largest absolute Gasteiger partial charge is 0.453 e. The number of benzene rings is 2. The summed E-state index contributed by atoms with van der Waals surface area (Å²) >= 11 is 0. The van der Waals surface area contributed by atoms with Crippen LogP contribution >= 0.6 is 0 Å². The predicted octanol–water partition coefficient (Wildman–Crippen LogP) is 4.97. The zero-order valence-corrected chi connectivity index (χ0v) is 22.7. The van der Waals surface area contributed by atoms with Crippen LogP contribution in [-0.2, 0) is 16.0 Å². The van der Waals surface area contributed by atoms with Gasteiger partial charge in [0, 0.05) is 62.4 Å². The van der Waals surface area contributed by atoms with Crippen molar-refractivity contribution in [2.75, 3.05) is 39.8 Å². The van der Waals surface area contributed by atoms with Crippen LogP contribution in [0.2, 0.25) is 0 Å². The summed E-state index contributed by atoms with van der Waals surface area (Å²) < 4.78 is 61.3. The Morgan fingerprint density at radius 1 is 0.923 bits per heavy atom. The molecular weight excluding hydrogens is 514 g/mol. The van der Waals surface area contributed by atoms with Gasteiger partial charge in [-0.25, -0.2) is 22.4 Å². The number of rotatable bonds is 4. The lowest BCUT2D eigenvalue weighted by molar-refractivity contribution is -0.135. The maximum atomic E-state index is 14.9. The van der Waals surface area contributed by atoms with Gasteiger partial charge < -0.3 is 14.5 Å². The Kier molecular flexibility index (Phi) is 8.54. The van der Waals surface area contributed by atoms with Crippen LogP contribution in [0.15, 0.2) is 36.4 Å². The number of halogens is 4. The Morgan fingerprint density at radius 3 is 2.21 bits per heavy atom. The van der Waals surface area contributed by atoms with E-state index in [4.69, 9.17) is 4.74 Å². The molecule has 0 bridgehead atoms. The second-order valence-corrected chi connectivity index (χ2v) is 11.3. The molecule has 2 heterocycles. The zero-order chi connectivity index (χ0) is 28.5. The van der Waals surface area contributed by atoms with E-state index in [9.17, 15) is 27.2 Å². The molecule has 0 N–H and O–H groups in total. The Hall–Kier alpha value is -3.14. The van der Waals surface area contributed by atoms with E-state index in [1.165, 1.54) is 36.3 Å². The minimum atomic E-state index is -0.700. The molecule has 2 fully saturated rings. The van der Waals surface area contributed by atoms with Crippen molar-refractivity contribution >= 4 is 12.0 Å². The molecule has 212 valence electrons. The maximum Gasteiger partial charge on any atom is 0.409 e. The summed E-state index contributed by atoms with van der Waals surface area (Å²) in [6, 6.07) is 6.32. The summed E-state index contributed by atoms with van der Waals surface area (Å²) in [5.41, 5.74) is 0.296. The Bertz CT molecular complexity index is 1220. The van der Waals surface area contributed by atoms with Gasteiger partial charge >= 0.3 is 6.09 Å². The highest BCUT2D eigenvalue weighted by Gasteiger charge is 2.45. The number of carbonyl (C=O) groups excluding carboxylic acids is 2. The number of nitrogens with zero attached hydrogens (tertiary/aromatic N) is 3. The van der Waals surface area contributed by atoms with E-state index in [0.29, 0.717) is 31.6 Å². The fourth-order valence-electron chi connectivity index (χ4n) is 5.67. The Morgan fingerprint density at radius 2 is 1.59 bits per heavy atom. The van der Waals surface area contributed by atoms with Gasteiger partial charge in [0.05, 0.1) is 13.0 Å². The normalized spacial score (nSPS) is 22.6. The van der Waals surface area contributed by atoms with Crippen molar-refractivity contribution in [3.63, 3.8) is 0 Å². The molecule has 0 spiro atoms. The molecule has 3 unspecified atom stereocenters. The lowest BCUT2D eigenvalue weighted by atomic mass is 9.87. The number of hydrogen-bond acceptors (Lipinski definition) is 4. The zero-order valence-electron chi connectivity index (χ0n) is 22.7. The van der Waals surface area contributed by atoms with E-state index in [-0.39, 0.29) is 36.5 Å². The van der Waals surface area contributed by atoms with Crippen molar-refractivity contribution in [3.05, 3.63) is 70.8 Å². The van der Waals surface area contributed by atoms with Gasteiger partial charge in [0.2, 0.25) is 5.91 Å². The lowest BCUT2D eigenvalue weighted by Crippen LogP contribution is -2.44. The van der Waals surface area contributed by atoms with Crippen LogP contribution in [-0.4, -0.2) is 78.1 Å². The summed E-state index contributed by atoms with van der Waals surface area (Å²) in [4.78, 5) is 31.8. The van der Waals surface area contributed by atoms with Gasteiger partial charge in [0.1, 0.15) is 23.3 Å². The smallest absolute Gasteiger partial charge is 0.409 e. The van der Waals surface area contributed by atoms with Crippen LogP contribution in [0.1, 0.15) is 44.2 Å². The fourth-order valence-corrected chi connectivity index (χ4v) is 5.67. The number of likely N-dealkylation sites (tertiary alicyclic amines) is 1. The SMILES string of the molecule is COC(=O)N1CCN(C(=O)C2CN(C(C)(C)C)CC2c2ccc(F)cc2F)CCC1Cc1ccc(F)cc1F. The average molecular weight is 550 g/mol. The van der Waals surface area contributed by atoms with Crippen LogP contribution in [0.4, 0.5) is 22.4 Å². The first-order valence-electron chi connectivity index (χ1n) is 13.2. The molecule has 0 aromatic heterocycles. The van der Waals surface area contributed by atoms with Gasteiger partial charge in [-0.05, 0) is 56.9 Å². The van der Waals surface area contributed by atoms with Crippen molar-refractivity contribution in [1.82, 2.24) is 14.7 Å². The molecule has 2 amide bonds. The third-order valence-electron chi connectivity index (χ3n) is 7.92. The molecule has 3 atom stereocenters. The number of methoxy groups -OCH3 is 1. The van der Waals surface area contributed by atoms with Crippen molar-refractivity contribution in [1.29, 1.82) is 0 Å². The van der Waals surface area contributed by atoms with E-state index in [1.54, 1.807) is 4.90 Å². The third-order valence-corrected chi connectivity index (χ3v) is 7.92. The maximum absolute atomic E-state index is 14.9. The molecule has 0 saturated carbocycles. The molecule has 2 saturated heterocycles. The van der Waals surface area contributed by atoms with Crippen molar-refractivity contribution < 1.29 is 31.9 Å². The summed E-state index contributed by atoms with van der Waals surface area (Å²) in [6.07, 6.45) is -0.112. The van der Waals surface area contributed by atoms with Crippen molar-refractivity contribution in [2.24, 2.45) is 5.92 Å². The second-order valence-electron chi connectivity index (χ2n) is 11.3. The van der Waals surface area contributed by atoms with Gasteiger partial charge in [0.25, 0.3) is 0 Å². The van der Waals surface area contributed by atoms with Crippen LogP contribution in [0.25, 0.3) is 0 Å². The molecule has 10 heteroatoms. The van der Waals surface area contributed by atoms with Gasteiger partial charge in [-0.15, -0.1) is 0 Å². The first-order chi connectivity index (χ1) is 18.4. The molecule has 2 aliphatic rings. The minimum absolute atomic E-state index is 0.133. The summed E-state index contributed by atoms with van der Waals surface area (Å²) in [7, 11) is 1.26. The highest BCUT2D eigenvalue weighted by atomic mass is 19.1. The van der Waals surface area contributed by atoms with Gasteiger partial charge in [0.15, 0.2) is 0 Å². The summed E-state index contributed by atoms with van der Waals surface area (Å²) in [5, 5.41) is 0. The first kappa shape index (κ1) is 28.9. The number of carbonyl (C=O) groups is 2. The van der Waals surface area contributed by atoms with Crippen LogP contribution in [0.5, 0.6) is 0 Å². The molecule has 2 aliphatic heterocycles. The van der Waals surface area contributed by atoms with E-state index < -0.39 is 47.2 Å². The standard InChI is InChI=1S/C29H35F4N3O3/c1-29(2,3)35-16-23(22-8-7-20(31)15-26(22)33)24(17-35)27(37)34-10-9-21(36(12-11-34)28(38)39-4)13-18-5-6-19(30)14-25(18)32/h5-8,14-15,21,23-24H,9-13,16-17H2,1-4H3. The molecule has 4 rings (SSSR count). The Labute approximate surface area is 226 Å².